The summed E-state index contributed by atoms with van der Waals surface area (Å²) in [4.78, 5) is 17.2. The maximum absolute atomic E-state index is 12.7. The first-order valence-electron chi connectivity index (χ1n) is 10.2. The zero-order chi connectivity index (χ0) is 17.0. The summed E-state index contributed by atoms with van der Waals surface area (Å²) in [6.45, 7) is 3.91. The van der Waals surface area contributed by atoms with Crippen LogP contribution in [0.5, 0.6) is 0 Å². The minimum atomic E-state index is 0.0680. The second-order valence-electron chi connectivity index (χ2n) is 8.64. The Morgan fingerprint density at radius 2 is 1.83 bits per heavy atom. The third-order valence-electron chi connectivity index (χ3n) is 6.52. The van der Waals surface area contributed by atoms with Crippen LogP contribution in [0.25, 0.3) is 0 Å². The largest absolute Gasteiger partial charge is 0.375 e. The minimum Gasteiger partial charge on any atom is -0.375 e. The van der Waals surface area contributed by atoms with Gasteiger partial charge in [0.1, 0.15) is 0 Å². The molecular weight excluding hydrogens is 300 g/mol. The Kier molecular flexibility index (Phi) is 6.20. The second kappa shape index (κ2) is 8.18. The highest BCUT2D eigenvalue weighted by molar-refractivity contribution is 5.79. The van der Waals surface area contributed by atoms with Gasteiger partial charge in [-0.05, 0) is 71.5 Å². The molecule has 0 aromatic carbocycles. The molecule has 1 aliphatic carbocycles. The highest BCUT2D eigenvalue weighted by atomic mass is 16.5. The summed E-state index contributed by atoms with van der Waals surface area (Å²) in [5.41, 5.74) is 0.0680. The zero-order valence-corrected chi connectivity index (χ0v) is 15.8. The summed E-state index contributed by atoms with van der Waals surface area (Å²) in [6, 6.07) is 0. The van der Waals surface area contributed by atoms with Crippen LogP contribution < -0.4 is 0 Å². The third-order valence-corrected chi connectivity index (χ3v) is 6.52. The number of carbonyl (C=O) groups is 1. The fraction of sp³-hybridized carbons (Fsp3) is 0.950. The standard InChI is InChI=1S/C20H36N2O2/c1-21(2)12-8-17-9-15-24-20(16-17)10-13-22(14-11-20)19(23)18-6-4-3-5-7-18/h17-18H,3-16H2,1-2H3. The molecule has 2 aliphatic heterocycles. The highest BCUT2D eigenvalue weighted by Crippen LogP contribution is 2.39. The van der Waals surface area contributed by atoms with E-state index >= 15 is 0 Å². The number of hydrogen-bond acceptors (Lipinski definition) is 3. The second-order valence-corrected chi connectivity index (χ2v) is 8.64. The summed E-state index contributed by atoms with van der Waals surface area (Å²) < 4.78 is 6.27. The lowest BCUT2D eigenvalue weighted by atomic mass is 9.78. The van der Waals surface area contributed by atoms with Crippen LogP contribution in [0.1, 0.15) is 64.2 Å². The summed E-state index contributed by atoms with van der Waals surface area (Å²) >= 11 is 0. The van der Waals surface area contributed by atoms with E-state index in [1.807, 2.05) is 0 Å². The molecule has 0 radical (unpaired) electrons. The third kappa shape index (κ3) is 4.51. The number of piperidine rings is 1. The van der Waals surface area contributed by atoms with Gasteiger partial charge in [-0.2, -0.15) is 0 Å². The monoisotopic (exact) mass is 336 g/mol. The van der Waals surface area contributed by atoms with Gasteiger partial charge < -0.3 is 14.5 Å². The SMILES string of the molecule is CN(C)CCC1CCOC2(CCN(C(=O)C3CCCCC3)CC2)C1. The van der Waals surface area contributed by atoms with E-state index < -0.39 is 0 Å². The van der Waals surface area contributed by atoms with Gasteiger partial charge in [0.15, 0.2) is 0 Å². The van der Waals surface area contributed by atoms with E-state index in [2.05, 4.69) is 23.9 Å². The molecule has 3 aliphatic rings. The van der Waals surface area contributed by atoms with E-state index in [1.54, 1.807) is 0 Å². The van der Waals surface area contributed by atoms with Crippen molar-refractivity contribution in [1.29, 1.82) is 0 Å². The van der Waals surface area contributed by atoms with Gasteiger partial charge in [-0.25, -0.2) is 0 Å². The molecule has 1 spiro atoms. The number of rotatable bonds is 4. The highest BCUT2D eigenvalue weighted by Gasteiger charge is 2.41. The van der Waals surface area contributed by atoms with Gasteiger partial charge in [-0.1, -0.05) is 19.3 Å². The number of amides is 1. The van der Waals surface area contributed by atoms with E-state index in [9.17, 15) is 4.79 Å². The molecule has 24 heavy (non-hydrogen) atoms. The van der Waals surface area contributed by atoms with Gasteiger partial charge >= 0.3 is 0 Å². The van der Waals surface area contributed by atoms with E-state index in [4.69, 9.17) is 4.74 Å². The van der Waals surface area contributed by atoms with E-state index in [0.29, 0.717) is 11.8 Å². The maximum atomic E-state index is 12.7. The lowest BCUT2D eigenvalue weighted by Crippen LogP contribution is -2.52. The molecule has 2 heterocycles. The Bertz CT molecular complexity index is 410. The molecule has 2 saturated heterocycles. The maximum Gasteiger partial charge on any atom is 0.225 e. The molecule has 3 rings (SSSR count). The smallest absolute Gasteiger partial charge is 0.225 e. The molecule has 4 nitrogen and oxygen atoms in total. The molecule has 0 aromatic heterocycles. The fourth-order valence-corrected chi connectivity index (χ4v) is 4.91. The Balaban J connectivity index is 1.49. The van der Waals surface area contributed by atoms with Crippen LogP contribution in [0.2, 0.25) is 0 Å². The average molecular weight is 337 g/mol. The van der Waals surface area contributed by atoms with Crippen molar-refractivity contribution in [3.8, 4) is 0 Å². The van der Waals surface area contributed by atoms with Gasteiger partial charge in [-0.3, -0.25) is 4.79 Å². The van der Waals surface area contributed by atoms with Crippen LogP contribution >= 0.6 is 0 Å². The van der Waals surface area contributed by atoms with E-state index in [0.717, 1.165) is 51.3 Å². The van der Waals surface area contributed by atoms with Gasteiger partial charge in [0.2, 0.25) is 5.91 Å². The van der Waals surface area contributed by atoms with E-state index in [-0.39, 0.29) is 5.60 Å². The molecule has 1 saturated carbocycles. The first kappa shape index (κ1) is 18.2. The van der Waals surface area contributed by atoms with Crippen molar-refractivity contribution in [2.75, 3.05) is 40.3 Å². The molecule has 1 atom stereocenters. The van der Waals surface area contributed by atoms with Crippen molar-refractivity contribution in [3.05, 3.63) is 0 Å². The quantitative estimate of drug-likeness (QED) is 0.789. The first-order valence-corrected chi connectivity index (χ1v) is 10.2. The summed E-state index contributed by atoms with van der Waals surface area (Å²) in [5.74, 6) is 1.54. The molecule has 4 heteroatoms. The Morgan fingerprint density at radius 3 is 2.50 bits per heavy atom. The Labute approximate surface area is 147 Å². The summed E-state index contributed by atoms with van der Waals surface area (Å²) in [7, 11) is 4.31. The van der Waals surface area contributed by atoms with Crippen LogP contribution in [0.4, 0.5) is 0 Å². The van der Waals surface area contributed by atoms with Gasteiger partial charge in [0, 0.05) is 25.6 Å². The van der Waals surface area contributed by atoms with Crippen LogP contribution in [0.15, 0.2) is 0 Å². The lowest BCUT2D eigenvalue weighted by Gasteiger charge is -2.47. The van der Waals surface area contributed by atoms with Gasteiger partial charge in [-0.15, -0.1) is 0 Å². The number of likely N-dealkylation sites (tertiary alicyclic amines) is 1. The van der Waals surface area contributed by atoms with Crippen molar-refractivity contribution < 1.29 is 9.53 Å². The number of hydrogen-bond donors (Lipinski definition) is 0. The topological polar surface area (TPSA) is 32.8 Å². The van der Waals surface area contributed by atoms with Crippen molar-refractivity contribution in [1.82, 2.24) is 9.80 Å². The zero-order valence-electron chi connectivity index (χ0n) is 15.8. The summed E-state index contributed by atoms with van der Waals surface area (Å²) in [6.07, 6.45) is 11.8. The van der Waals surface area contributed by atoms with Crippen molar-refractivity contribution in [2.45, 2.75) is 69.8 Å². The predicted molar refractivity (Wildman–Crippen MR) is 97.0 cm³/mol. The minimum absolute atomic E-state index is 0.0680. The number of carbonyl (C=O) groups excluding carboxylic acids is 1. The molecule has 3 fully saturated rings. The van der Waals surface area contributed by atoms with Gasteiger partial charge in [0.05, 0.1) is 5.60 Å². The normalized spacial score (nSPS) is 28.5. The molecule has 138 valence electrons. The van der Waals surface area contributed by atoms with Crippen LogP contribution in [-0.2, 0) is 9.53 Å². The van der Waals surface area contributed by atoms with Crippen molar-refractivity contribution in [2.24, 2.45) is 11.8 Å². The van der Waals surface area contributed by atoms with Crippen LogP contribution in [0.3, 0.4) is 0 Å². The molecular formula is C20H36N2O2. The predicted octanol–water partition coefficient (Wildman–Crippen LogP) is 3.31. The number of nitrogens with zero attached hydrogens (tertiary/aromatic N) is 2. The Morgan fingerprint density at radius 1 is 1.12 bits per heavy atom. The lowest BCUT2D eigenvalue weighted by molar-refractivity contribution is -0.151. The Hall–Kier alpha value is -0.610. The van der Waals surface area contributed by atoms with E-state index in [1.165, 1.54) is 45.1 Å². The fourth-order valence-electron chi connectivity index (χ4n) is 4.91. The summed E-state index contributed by atoms with van der Waals surface area (Å²) in [5, 5.41) is 0. The molecule has 0 N–H and O–H groups in total. The molecule has 1 unspecified atom stereocenters. The first-order chi connectivity index (χ1) is 11.6. The van der Waals surface area contributed by atoms with Crippen molar-refractivity contribution in [3.63, 3.8) is 0 Å². The average Bonchev–Trinajstić information content (AvgIpc) is 2.61. The molecule has 1 amide bonds. The van der Waals surface area contributed by atoms with Crippen LogP contribution in [-0.4, -0.2) is 61.6 Å². The van der Waals surface area contributed by atoms with Gasteiger partial charge in [0.25, 0.3) is 0 Å². The molecule has 0 aromatic rings. The number of ether oxygens (including phenoxy) is 1. The van der Waals surface area contributed by atoms with Crippen molar-refractivity contribution >= 4 is 5.91 Å². The molecule has 0 bridgehead atoms. The van der Waals surface area contributed by atoms with Crippen LogP contribution in [0, 0.1) is 11.8 Å².